The average molecular weight is 249 g/mol. The fourth-order valence-electron chi connectivity index (χ4n) is 2.48. The van der Waals surface area contributed by atoms with E-state index in [4.69, 9.17) is 9.47 Å². The molecule has 1 heterocycles. The number of fused-ring (bicyclic) bond motifs is 1. The molecule has 1 aromatic carbocycles. The summed E-state index contributed by atoms with van der Waals surface area (Å²) in [6.45, 7) is 2.22. The van der Waals surface area contributed by atoms with Crippen LogP contribution in [0.5, 0.6) is 11.5 Å². The maximum absolute atomic E-state index is 9.40. The molecule has 0 spiro atoms. The van der Waals surface area contributed by atoms with Crippen molar-refractivity contribution in [1.82, 2.24) is 5.32 Å². The van der Waals surface area contributed by atoms with Gasteiger partial charge in [-0.2, -0.15) is 0 Å². The van der Waals surface area contributed by atoms with Gasteiger partial charge in [-0.1, -0.05) is 6.07 Å². The summed E-state index contributed by atoms with van der Waals surface area (Å²) in [5.74, 6) is 1.65. The molecule has 98 valence electrons. The Morgan fingerprint density at radius 3 is 2.61 bits per heavy atom. The van der Waals surface area contributed by atoms with Gasteiger partial charge in [0.25, 0.3) is 0 Å². The van der Waals surface area contributed by atoms with Crippen molar-refractivity contribution < 1.29 is 14.6 Å². The summed E-state index contributed by atoms with van der Waals surface area (Å²) in [6, 6.07) is 6.02. The Bertz CT molecular complexity index is 424. The maximum atomic E-state index is 9.40. The molecule has 0 atom stereocenters. The largest absolute Gasteiger partial charge is 0.486 e. The van der Waals surface area contributed by atoms with Crippen molar-refractivity contribution >= 4 is 0 Å². The van der Waals surface area contributed by atoms with E-state index >= 15 is 0 Å². The molecule has 0 aromatic heterocycles. The lowest BCUT2D eigenvalue weighted by Crippen LogP contribution is -2.53. The van der Waals surface area contributed by atoms with Crippen LogP contribution in [0.25, 0.3) is 0 Å². The van der Waals surface area contributed by atoms with E-state index in [1.165, 1.54) is 12.0 Å². The van der Waals surface area contributed by atoms with E-state index in [1.807, 2.05) is 18.2 Å². The Hall–Kier alpha value is -1.26. The standard InChI is InChI=1S/C14H19NO3/c16-10-14(4-1-5-14)15-9-11-2-3-12-13(8-11)18-7-6-17-12/h2-3,8,15-16H,1,4-7,9-10H2. The molecule has 1 saturated carbocycles. The van der Waals surface area contributed by atoms with E-state index in [2.05, 4.69) is 5.32 Å². The molecule has 0 bridgehead atoms. The molecule has 0 unspecified atom stereocenters. The van der Waals surface area contributed by atoms with Gasteiger partial charge in [0.1, 0.15) is 13.2 Å². The zero-order valence-electron chi connectivity index (χ0n) is 10.4. The van der Waals surface area contributed by atoms with Crippen LogP contribution >= 0.6 is 0 Å². The highest BCUT2D eigenvalue weighted by atomic mass is 16.6. The number of hydrogen-bond acceptors (Lipinski definition) is 4. The summed E-state index contributed by atoms with van der Waals surface area (Å²) in [6.07, 6.45) is 3.33. The summed E-state index contributed by atoms with van der Waals surface area (Å²) in [5.41, 5.74) is 1.12. The van der Waals surface area contributed by atoms with E-state index in [-0.39, 0.29) is 12.1 Å². The zero-order valence-corrected chi connectivity index (χ0v) is 10.4. The third-order valence-corrected chi connectivity index (χ3v) is 3.89. The molecule has 0 radical (unpaired) electrons. The van der Waals surface area contributed by atoms with Crippen LogP contribution in [0.3, 0.4) is 0 Å². The predicted octanol–water partition coefficient (Wildman–Crippen LogP) is 1.46. The quantitative estimate of drug-likeness (QED) is 0.848. The second kappa shape index (κ2) is 4.78. The van der Waals surface area contributed by atoms with Crippen LogP contribution in [0.1, 0.15) is 24.8 Å². The highest BCUT2D eigenvalue weighted by Gasteiger charge is 2.35. The molecule has 3 rings (SSSR count). The average Bonchev–Trinajstić information content (AvgIpc) is 2.38. The Morgan fingerprint density at radius 1 is 1.17 bits per heavy atom. The molecular formula is C14H19NO3. The number of aliphatic hydroxyl groups is 1. The second-order valence-electron chi connectivity index (χ2n) is 5.12. The Kier molecular flexibility index (Phi) is 3.14. The maximum Gasteiger partial charge on any atom is 0.161 e. The Morgan fingerprint density at radius 2 is 1.94 bits per heavy atom. The van der Waals surface area contributed by atoms with Crippen LogP contribution in [0.4, 0.5) is 0 Å². The molecule has 1 fully saturated rings. The fraction of sp³-hybridized carbons (Fsp3) is 0.571. The van der Waals surface area contributed by atoms with Gasteiger partial charge >= 0.3 is 0 Å². The first-order valence-electron chi connectivity index (χ1n) is 6.56. The van der Waals surface area contributed by atoms with Crippen LogP contribution in [0.15, 0.2) is 18.2 Å². The topological polar surface area (TPSA) is 50.7 Å². The third-order valence-electron chi connectivity index (χ3n) is 3.89. The van der Waals surface area contributed by atoms with Crippen molar-refractivity contribution in [3.05, 3.63) is 23.8 Å². The van der Waals surface area contributed by atoms with E-state index < -0.39 is 0 Å². The fourth-order valence-corrected chi connectivity index (χ4v) is 2.48. The Labute approximate surface area is 107 Å². The lowest BCUT2D eigenvalue weighted by molar-refractivity contribution is 0.0871. The Balaban J connectivity index is 1.66. The molecule has 2 N–H and O–H groups in total. The van der Waals surface area contributed by atoms with Gasteiger partial charge in [-0.25, -0.2) is 0 Å². The summed E-state index contributed by atoms with van der Waals surface area (Å²) in [5, 5.41) is 12.9. The van der Waals surface area contributed by atoms with Gasteiger partial charge in [0.2, 0.25) is 0 Å². The normalized spacial score (nSPS) is 20.3. The minimum atomic E-state index is -0.0484. The number of ether oxygens (including phenoxy) is 2. The van der Waals surface area contributed by atoms with Crippen LogP contribution in [-0.4, -0.2) is 30.5 Å². The van der Waals surface area contributed by atoms with E-state index in [1.54, 1.807) is 0 Å². The summed E-state index contributed by atoms with van der Waals surface area (Å²) in [4.78, 5) is 0. The summed E-state index contributed by atoms with van der Waals surface area (Å²) in [7, 11) is 0. The molecule has 2 aliphatic rings. The zero-order chi connectivity index (χ0) is 12.4. The number of aliphatic hydroxyl groups excluding tert-OH is 1. The van der Waals surface area contributed by atoms with Gasteiger partial charge in [-0.15, -0.1) is 0 Å². The minimum Gasteiger partial charge on any atom is -0.486 e. The number of nitrogens with one attached hydrogen (secondary N) is 1. The smallest absolute Gasteiger partial charge is 0.161 e. The number of rotatable bonds is 4. The van der Waals surface area contributed by atoms with Crippen LogP contribution in [-0.2, 0) is 6.54 Å². The first-order valence-corrected chi connectivity index (χ1v) is 6.56. The predicted molar refractivity (Wildman–Crippen MR) is 67.9 cm³/mol. The molecule has 1 aliphatic heterocycles. The lowest BCUT2D eigenvalue weighted by Gasteiger charge is -2.41. The van der Waals surface area contributed by atoms with Gasteiger partial charge in [0, 0.05) is 12.1 Å². The van der Waals surface area contributed by atoms with Crippen molar-refractivity contribution in [2.24, 2.45) is 0 Å². The number of hydrogen-bond donors (Lipinski definition) is 2. The van der Waals surface area contributed by atoms with Crippen LogP contribution in [0.2, 0.25) is 0 Å². The van der Waals surface area contributed by atoms with E-state index in [0.29, 0.717) is 13.2 Å². The number of benzene rings is 1. The molecule has 4 nitrogen and oxygen atoms in total. The highest BCUT2D eigenvalue weighted by Crippen LogP contribution is 2.33. The molecule has 1 aromatic rings. The van der Waals surface area contributed by atoms with Gasteiger partial charge < -0.3 is 19.9 Å². The van der Waals surface area contributed by atoms with Gasteiger partial charge in [-0.05, 0) is 37.0 Å². The van der Waals surface area contributed by atoms with Gasteiger partial charge in [-0.3, -0.25) is 0 Å². The van der Waals surface area contributed by atoms with E-state index in [0.717, 1.165) is 30.9 Å². The van der Waals surface area contributed by atoms with Crippen LogP contribution in [0, 0.1) is 0 Å². The monoisotopic (exact) mass is 249 g/mol. The summed E-state index contributed by atoms with van der Waals surface area (Å²) >= 11 is 0. The molecule has 4 heteroatoms. The highest BCUT2D eigenvalue weighted by molar-refractivity contribution is 5.43. The second-order valence-corrected chi connectivity index (χ2v) is 5.12. The van der Waals surface area contributed by atoms with E-state index in [9.17, 15) is 5.11 Å². The van der Waals surface area contributed by atoms with Gasteiger partial charge in [0.15, 0.2) is 11.5 Å². The minimum absolute atomic E-state index is 0.0484. The van der Waals surface area contributed by atoms with Crippen molar-refractivity contribution in [3.63, 3.8) is 0 Å². The molecule has 0 amide bonds. The van der Waals surface area contributed by atoms with Crippen molar-refractivity contribution in [2.45, 2.75) is 31.3 Å². The first kappa shape index (κ1) is 11.8. The lowest BCUT2D eigenvalue weighted by atomic mass is 9.77. The molecular weight excluding hydrogens is 230 g/mol. The van der Waals surface area contributed by atoms with Crippen molar-refractivity contribution in [2.75, 3.05) is 19.8 Å². The first-order chi connectivity index (χ1) is 8.81. The molecule has 0 saturated heterocycles. The summed E-state index contributed by atoms with van der Waals surface area (Å²) < 4.78 is 11.1. The SMILES string of the molecule is OCC1(NCc2ccc3c(c2)OCCO3)CCC1. The van der Waals surface area contributed by atoms with Crippen LogP contribution < -0.4 is 14.8 Å². The molecule has 1 aliphatic carbocycles. The third kappa shape index (κ3) is 2.18. The van der Waals surface area contributed by atoms with Crippen molar-refractivity contribution in [1.29, 1.82) is 0 Å². The van der Waals surface area contributed by atoms with Crippen molar-refractivity contribution in [3.8, 4) is 11.5 Å². The molecule has 18 heavy (non-hydrogen) atoms. The van der Waals surface area contributed by atoms with Gasteiger partial charge in [0.05, 0.1) is 6.61 Å².